The Kier molecular flexibility index (Phi) is 7.07. The lowest BCUT2D eigenvalue weighted by Crippen LogP contribution is -2.41. The Balaban J connectivity index is 1.52. The number of hydrogen-bond donors (Lipinski definition) is 4. The topological polar surface area (TPSA) is 181 Å². The van der Waals surface area contributed by atoms with Crippen LogP contribution in [0.1, 0.15) is 80.2 Å². The molecule has 0 saturated carbocycles. The number of phenols is 2. The Hall–Kier alpha value is -4.48. The molecule has 0 spiro atoms. The summed E-state index contributed by atoms with van der Waals surface area (Å²) >= 11 is 0. The molecule has 0 radical (unpaired) electrons. The number of Topliss-reactive ketones (excluding diaryl/α,β-unsaturated/α-hetero) is 2. The largest absolute Gasteiger partial charge is 0.507 e. The molecule has 4 rings (SSSR count). The van der Waals surface area contributed by atoms with Gasteiger partial charge in [-0.05, 0) is 27.7 Å². The van der Waals surface area contributed by atoms with E-state index in [1.54, 1.807) is 0 Å². The minimum absolute atomic E-state index is 0.0121. The van der Waals surface area contributed by atoms with Gasteiger partial charge in [0.2, 0.25) is 11.8 Å². The number of amides is 1. The van der Waals surface area contributed by atoms with Crippen molar-refractivity contribution in [1.29, 1.82) is 0 Å². The summed E-state index contributed by atoms with van der Waals surface area (Å²) in [5, 5.41) is 30.8. The normalized spacial score (nSPS) is 19.3. The molecule has 1 atom stereocenters. The van der Waals surface area contributed by atoms with E-state index in [0.29, 0.717) is 5.82 Å². The van der Waals surface area contributed by atoms with E-state index >= 15 is 0 Å². The van der Waals surface area contributed by atoms with Crippen molar-refractivity contribution in [1.82, 2.24) is 20.8 Å². The van der Waals surface area contributed by atoms with Crippen LogP contribution in [0.25, 0.3) is 0 Å². The van der Waals surface area contributed by atoms with Gasteiger partial charge in [-0.3, -0.25) is 19.2 Å². The highest BCUT2D eigenvalue weighted by Gasteiger charge is 2.56. The van der Waals surface area contributed by atoms with Gasteiger partial charge in [0, 0.05) is 36.2 Å². The number of nitrogens with zero attached hydrogens (tertiary/aromatic N) is 2. The monoisotopic (exact) mass is 538 g/mol. The summed E-state index contributed by atoms with van der Waals surface area (Å²) in [6.45, 7) is 9.70. The second-order valence-electron chi connectivity index (χ2n) is 10.0. The standard InChI is InChI=1S/C27H30N4O8/c1-11(2)26-30-18(39-31-26)10-29-17(34)7-8-28-13(4)19-15(33)9-16-27(6,25(19)37)21-23(36)12(3)22(35)20(14(5)32)24(21)38-16/h9,11,28,35-36H,7-8,10H2,1-6H3,(H,29,34)/t27-/m0/s1. The minimum Gasteiger partial charge on any atom is -0.507 e. The quantitative estimate of drug-likeness (QED) is 0.220. The predicted octanol–water partition coefficient (Wildman–Crippen LogP) is 2.37. The number of aromatic hydroxyl groups is 2. The fourth-order valence-electron chi connectivity index (χ4n) is 4.65. The van der Waals surface area contributed by atoms with Gasteiger partial charge in [-0.1, -0.05) is 19.0 Å². The summed E-state index contributed by atoms with van der Waals surface area (Å²) in [5.74, 6) is -2.24. The van der Waals surface area contributed by atoms with Gasteiger partial charge >= 0.3 is 0 Å². The summed E-state index contributed by atoms with van der Waals surface area (Å²) in [7, 11) is 0. The lowest BCUT2D eigenvalue weighted by atomic mass is 9.70. The number of hydrogen-bond acceptors (Lipinski definition) is 11. The molecule has 206 valence electrons. The maximum Gasteiger partial charge on any atom is 0.246 e. The molecule has 1 amide bonds. The van der Waals surface area contributed by atoms with E-state index in [1.807, 2.05) is 13.8 Å². The highest BCUT2D eigenvalue weighted by molar-refractivity contribution is 6.31. The van der Waals surface area contributed by atoms with Crippen molar-refractivity contribution < 1.29 is 38.7 Å². The SMILES string of the molecule is CC(=O)c1c(O)c(C)c(O)c2c1OC1=CC(=O)C(=C(C)NCCC(=O)NCc3nc(C(C)C)no3)C(=O)[C@@]12C. The lowest BCUT2D eigenvalue weighted by molar-refractivity contribution is -0.124. The van der Waals surface area contributed by atoms with Crippen LogP contribution in [0, 0.1) is 6.92 Å². The van der Waals surface area contributed by atoms with E-state index in [1.165, 1.54) is 27.7 Å². The number of carbonyl (C=O) groups is 4. The van der Waals surface area contributed by atoms with Gasteiger partial charge < -0.3 is 30.1 Å². The molecule has 39 heavy (non-hydrogen) atoms. The number of phenolic OH excluding ortho intramolecular Hbond substituents is 2. The van der Waals surface area contributed by atoms with E-state index < -0.39 is 34.3 Å². The Morgan fingerprint density at radius 2 is 1.82 bits per heavy atom. The van der Waals surface area contributed by atoms with E-state index in [2.05, 4.69) is 20.8 Å². The van der Waals surface area contributed by atoms with Gasteiger partial charge in [0.15, 0.2) is 23.2 Å². The van der Waals surface area contributed by atoms with Crippen LogP contribution >= 0.6 is 0 Å². The summed E-state index contributed by atoms with van der Waals surface area (Å²) < 4.78 is 10.8. The number of rotatable bonds is 8. The zero-order valence-electron chi connectivity index (χ0n) is 22.5. The summed E-state index contributed by atoms with van der Waals surface area (Å²) in [6, 6.07) is 0. The maximum atomic E-state index is 13.8. The highest BCUT2D eigenvalue weighted by Crippen LogP contribution is 2.57. The number of aromatic nitrogens is 2. The average molecular weight is 539 g/mol. The molecule has 0 unspecified atom stereocenters. The van der Waals surface area contributed by atoms with Crippen LogP contribution in [0.4, 0.5) is 0 Å². The number of ketones is 3. The molecule has 1 aromatic carbocycles. The first-order valence-corrected chi connectivity index (χ1v) is 12.4. The second kappa shape index (κ2) is 10.0. The van der Waals surface area contributed by atoms with Crippen LogP contribution in [0.3, 0.4) is 0 Å². The van der Waals surface area contributed by atoms with Crippen molar-refractivity contribution in [2.45, 2.75) is 65.8 Å². The molecule has 2 heterocycles. The molecule has 0 saturated heterocycles. The van der Waals surface area contributed by atoms with E-state index in [0.717, 1.165) is 6.08 Å². The maximum absolute atomic E-state index is 13.8. The van der Waals surface area contributed by atoms with Crippen LogP contribution in [-0.4, -0.2) is 50.2 Å². The Bertz CT molecular complexity index is 1480. The number of fused-ring (bicyclic) bond motifs is 3. The number of ether oxygens (including phenoxy) is 1. The molecular weight excluding hydrogens is 508 g/mol. The Labute approximate surface area is 224 Å². The Morgan fingerprint density at radius 3 is 2.44 bits per heavy atom. The molecule has 1 aliphatic carbocycles. The zero-order valence-corrected chi connectivity index (χ0v) is 22.5. The van der Waals surface area contributed by atoms with Gasteiger partial charge in [0.05, 0.1) is 17.7 Å². The summed E-state index contributed by atoms with van der Waals surface area (Å²) in [5.41, 5.74) is -1.68. The smallest absolute Gasteiger partial charge is 0.246 e. The predicted molar refractivity (Wildman–Crippen MR) is 136 cm³/mol. The van der Waals surface area contributed by atoms with Gasteiger partial charge in [0.25, 0.3) is 0 Å². The minimum atomic E-state index is -1.61. The highest BCUT2D eigenvalue weighted by atomic mass is 16.5. The van der Waals surface area contributed by atoms with Crippen LogP contribution in [-0.2, 0) is 26.3 Å². The first-order chi connectivity index (χ1) is 18.3. The van der Waals surface area contributed by atoms with Gasteiger partial charge in [-0.15, -0.1) is 0 Å². The van der Waals surface area contributed by atoms with Crippen LogP contribution in [0.5, 0.6) is 17.2 Å². The van der Waals surface area contributed by atoms with Crippen molar-refractivity contribution in [2.75, 3.05) is 6.54 Å². The first kappa shape index (κ1) is 27.6. The summed E-state index contributed by atoms with van der Waals surface area (Å²) in [6.07, 6.45) is 1.17. The third-order valence-corrected chi connectivity index (χ3v) is 6.94. The molecule has 12 heteroatoms. The van der Waals surface area contributed by atoms with E-state index in [4.69, 9.17) is 9.26 Å². The number of nitrogens with one attached hydrogen (secondary N) is 2. The van der Waals surface area contributed by atoms with Crippen molar-refractivity contribution >= 4 is 23.3 Å². The van der Waals surface area contributed by atoms with Crippen LogP contribution in [0.15, 0.2) is 27.6 Å². The van der Waals surface area contributed by atoms with Crippen molar-refractivity contribution in [2.24, 2.45) is 0 Å². The number of benzene rings is 1. The van der Waals surface area contributed by atoms with E-state index in [-0.39, 0.29) is 76.7 Å². The molecule has 2 aromatic rings. The molecule has 2 aliphatic rings. The molecule has 12 nitrogen and oxygen atoms in total. The van der Waals surface area contributed by atoms with Gasteiger partial charge in [0.1, 0.15) is 34.0 Å². The van der Waals surface area contributed by atoms with Crippen molar-refractivity contribution in [3.05, 3.63) is 51.5 Å². The molecular formula is C27H30N4O8. The molecule has 1 aliphatic heterocycles. The zero-order chi connectivity index (χ0) is 28.8. The second-order valence-corrected chi connectivity index (χ2v) is 10.0. The third-order valence-electron chi connectivity index (χ3n) is 6.94. The van der Waals surface area contributed by atoms with Gasteiger partial charge in [-0.2, -0.15) is 4.98 Å². The number of carbonyl (C=O) groups excluding carboxylic acids is 4. The number of allylic oxidation sites excluding steroid dienone is 4. The molecule has 0 fully saturated rings. The van der Waals surface area contributed by atoms with Crippen molar-refractivity contribution in [3.8, 4) is 17.2 Å². The van der Waals surface area contributed by atoms with Crippen LogP contribution < -0.4 is 15.4 Å². The third kappa shape index (κ3) is 4.55. The first-order valence-electron chi connectivity index (χ1n) is 12.4. The fraction of sp³-hybridized carbons (Fsp3) is 0.407. The average Bonchev–Trinajstić information content (AvgIpc) is 3.45. The summed E-state index contributed by atoms with van der Waals surface area (Å²) in [4.78, 5) is 55.5. The van der Waals surface area contributed by atoms with E-state index in [9.17, 15) is 29.4 Å². The fourth-order valence-corrected chi connectivity index (χ4v) is 4.65. The lowest BCUT2D eigenvalue weighted by Gasteiger charge is -2.29. The van der Waals surface area contributed by atoms with Gasteiger partial charge in [-0.25, -0.2) is 0 Å². The van der Waals surface area contributed by atoms with Crippen molar-refractivity contribution in [3.63, 3.8) is 0 Å². The molecule has 4 N–H and O–H groups in total. The van der Waals surface area contributed by atoms with Crippen LogP contribution in [0.2, 0.25) is 0 Å². The molecule has 0 bridgehead atoms. The molecule has 1 aromatic heterocycles. The Morgan fingerprint density at radius 1 is 1.13 bits per heavy atom.